The van der Waals surface area contributed by atoms with Gasteiger partial charge in [-0.2, -0.15) is 0 Å². The van der Waals surface area contributed by atoms with E-state index < -0.39 is 17.9 Å². The number of carbonyl (C=O) groups is 2. The normalized spacial score (nSPS) is 12.1. The molecule has 0 radical (unpaired) electrons. The second kappa shape index (κ2) is 6.45. The fourth-order valence-electron chi connectivity index (χ4n) is 2.46. The lowest BCUT2D eigenvalue weighted by Crippen LogP contribution is -2.25. The summed E-state index contributed by atoms with van der Waals surface area (Å²) >= 11 is 5.83. The lowest BCUT2D eigenvalue weighted by Gasteiger charge is -2.13. The van der Waals surface area contributed by atoms with Gasteiger partial charge in [-0.1, -0.05) is 35.9 Å². The number of esters is 1. The summed E-state index contributed by atoms with van der Waals surface area (Å²) in [4.78, 5) is 27.6. The average Bonchev–Trinajstić information content (AvgIpc) is 2.97. The lowest BCUT2D eigenvalue weighted by atomic mass is 10.1. The molecular weight excluding hydrogens is 333 g/mol. The molecule has 4 nitrogen and oxygen atoms in total. The zero-order chi connectivity index (χ0) is 17.3. The van der Waals surface area contributed by atoms with Gasteiger partial charge in [-0.3, -0.25) is 4.79 Å². The molecule has 0 bridgehead atoms. The Labute approximate surface area is 142 Å². The number of halogens is 2. The third-order valence-corrected chi connectivity index (χ3v) is 3.99. The van der Waals surface area contributed by atoms with Gasteiger partial charge in [0.2, 0.25) is 5.78 Å². The molecule has 3 aromatic rings. The van der Waals surface area contributed by atoms with Gasteiger partial charge in [0.1, 0.15) is 11.4 Å². The molecule has 1 aromatic heterocycles. The fraction of sp³-hybridized carbons (Fsp3) is 0.111. The van der Waals surface area contributed by atoms with Crippen molar-refractivity contribution < 1.29 is 18.7 Å². The molecule has 1 atom stereocenters. The van der Waals surface area contributed by atoms with Crippen molar-refractivity contribution >= 4 is 34.3 Å². The molecule has 2 aromatic carbocycles. The van der Waals surface area contributed by atoms with Gasteiger partial charge >= 0.3 is 5.97 Å². The molecule has 122 valence electrons. The number of para-hydroxylation sites is 1. The van der Waals surface area contributed by atoms with E-state index in [0.29, 0.717) is 5.56 Å². The quantitative estimate of drug-likeness (QED) is 0.563. The number of nitrogens with one attached hydrogen (secondary N) is 1. The zero-order valence-corrected chi connectivity index (χ0v) is 13.4. The van der Waals surface area contributed by atoms with Gasteiger partial charge in [0.05, 0.1) is 5.02 Å². The number of benzene rings is 2. The first kappa shape index (κ1) is 16.2. The van der Waals surface area contributed by atoms with E-state index in [1.54, 1.807) is 12.3 Å². The van der Waals surface area contributed by atoms with E-state index in [4.69, 9.17) is 16.3 Å². The van der Waals surface area contributed by atoms with Crippen molar-refractivity contribution in [2.24, 2.45) is 0 Å². The monoisotopic (exact) mass is 345 g/mol. The smallest absolute Gasteiger partial charge is 0.343 e. The predicted octanol–water partition coefficient (Wildman–Crippen LogP) is 4.39. The SMILES string of the molecule is C[C@H](OC(=O)c1c(F)cccc1Cl)C(=O)c1c[nH]c2ccccc12. The van der Waals surface area contributed by atoms with Crippen molar-refractivity contribution in [3.8, 4) is 0 Å². The molecule has 1 N–H and O–H groups in total. The molecule has 0 fully saturated rings. The number of aromatic amines is 1. The van der Waals surface area contributed by atoms with E-state index in [2.05, 4.69) is 4.98 Å². The topological polar surface area (TPSA) is 59.2 Å². The van der Waals surface area contributed by atoms with Gasteiger partial charge in [0.25, 0.3) is 0 Å². The molecule has 0 saturated heterocycles. The number of aromatic nitrogens is 1. The summed E-state index contributed by atoms with van der Waals surface area (Å²) in [5, 5.41) is 0.668. The van der Waals surface area contributed by atoms with Crippen LogP contribution in [0.5, 0.6) is 0 Å². The highest BCUT2D eigenvalue weighted by atomic mass is 35.5. The average molecular weight is 346 g/mol. The predicted molar refractivity (Wildman–Crippen MR) is 88.9 cm³/mol. The molecule has 0 aliphatic heterocycles. The highest BCUT2D eigenvalue weighted by Crippen LogP contribution is 2.23. The Morgan fingerprint density at radius 2 is 1.92 bits per heavy atom. The lowest BCUT2D eigenvalue weighted by molar-refractivity contribution is 0.0315. The third kappa shape index (κ3) is 2.90. The summed E-state index contributed by atoms with van der Waals surface area (Å²) in [5.74, 6) is -2.15. The van der Waals surface area contributed by atoms with Gasteiger partial charge in [-0.15, -0.1) is 0 Å². The molecule has 0 spiro atoms. The van der Waals surface area contributed by atoms with Gasteiger partial charge in [-0.25, -0.2) is 9.18 Å². The molecule has 0 aliphatic carbocycles. The number of hydrogen-bond donors (Lipinski definition) is 1. The van der Waals surface area contributed by atoms with Crippen LogP contribution in [0.25, 0.3) is 10.9 Å². The zero-order valence-electron chi connectivity index (χ0n) is 12.7. The molecular formula is C18H13ClFNO3. The van der Waals surface area contributed by atoms with Crippen molar-refractivity contribution in [1.82, 2.24) is 4.98 Å². The van der Waals surface area contributed by atoms with Crippen LogP contribution in [0.2, 0.25) is 5.02 Å². The number of ketones is 1. The van der Waals surface area contributed by atoms with Crippen molar-refractivity contribution in [2.75, 3.05) is 0 Å². The van der Waals surface area contributed by atoms with E-state index in [-0.39, 0.29) is 16.4 Å². The van der Waals surface area contributed by atoms with Crippen molar-refractivity contribution in [3.05, 3.63) is 70.6 Å². The molecule has 3 rings (SSSR count). The molecule has 0 aliphatic rings. The molecule has 0 unspecified atom stereocenters. The third-order valence-electron chi connectivity index (χ3n) is 3.67. The summed E-state index contributed by atoms with van der Waals surface area (Å²) < 4.78 is 18.9. The summed E-state index contributed by atoms with van der Waals surface area (Å²) in [7, 11) is 0. The van der Waals surface area contributed by atoms with Gasteiger partial charge in [-0.05, 0) is 25.1 Å². The Kier molecular flexibility index (Phi) is 4.36. The highest BCUT2D eigenvalue weighted by Gasteiger charge is 2.25. The van der Waals surface area contributed by atoms with E-state index in [1.807, 2.05) is 18.2 Å². The summed E-state index contributed by atoms with van der Waals surface area (Å²) in [6, 6.07) is 11.2. The second-order valence-corrected chi connectivity index (χ2v) is 5.66. The number of hydrogen-bond acceptors (Lipinski definition) is 3. The number of Topliss-reactive ketones (excluding diaryl/α,β-unsaturated/α-hetero) is 1. The Hall–Kier alpha value is -2.66. The van der Waals surface area contributed by atoms with Crippen LogP contribution in [-0.4, -0.2) is 22.8 Å². The fourth-order valence-corrected chi connectivity index (χ4v) is 2.70. The minimum Gasteiger partial charge on any atom is -0.451 e. The van der Waals surface area contributed by atoms with Gasteiger partial charge in [0.15, 0.2) is 6.10 Å². The van der Waals surface area contributed by atoms with Gasteiger partial charge < -0.3 is 9.72 Å². The summed E-state index contributed by atoms with van der Waals surface area (Å²) in [5.41, 5.74) is 0.833. The highest BCUT2D eigenvalue weighted by molar-refractivity contribution is 6.33. The van der Waals surface area contributed by atoms with Crippen LogP contribution in [0.15, 0.2) is 48.7 Å². The van der Waals surface area contributed by atoms with E-state index in [9.17, 15) is 14.0 Å². The van der Waals surface area contributed by atoms with Crippen LogP contribution < -0.4 is 0 Å². The van der Waals surface area contributed by atoms with Crippen molar-refractivity contribution in [1.29, 1.82) is 0 Å². The number of rotatable bonds is 4. The summed E-state index contributed by atoms with van der Waals surface area (Å²) in [6.07, 6.45) is 0.486. The molecule has 1 heterocycles. The maximum atomic E-state index is 13.8. The number of ether oxygens (including phenoxy) is 1. The van der Waals surface area contributed by atoms with Crippen molar-refractivity contribution in [3.63, 3.8) is 0 Å². The maximum Gasteiger partial charge on any atom is 0.343 e. The molecule has 0 amide bonds. The Bertz CT molecular complexity index is 915. The number of H-pyrrole nitrogens is 1. The first-order valence-electron chi connectivity index (χ1n) is 7.24. The minimum absolute atomic E-state index is 0.0632. The largest absolute Gasteiger partial charge is 0.451 e. The Morgan fingerprint density at radius 1 is 1.17 bits per heavy atom. The van der Waals surface area contributed by atoms with Crippen LogP contribution >= 0.6 is 11.6 Å². The standard InChI is InChI=1S/C18H13ClFNO3/c1-10(24-18(23)16-13(19)6-4-7-14(16)20)17(22)12-9-21-15-8-3-2-5-11(12)15/h2-10,21H,1H3/t10-/m0/s1. The molecule has 6 heteroatoms. The van der Waals surface area contributed by atoms with Crippen LogP contribution in [0, 0.1) is 5.82 Å². The Morgan fingerprint density at radius 3 is 2.67 bits per heavy atom. The van der Waals surface area contributed by atoms with Gasteiger partial charge in [0, 0.05) is 22.7 Å². The minimum atomic E-state index is -1.08. The van der Waals surface area contributed by atoms with Crippen molar-refractivity contribution in [2.45, 2.75) is 13.0 Å². The van der Waals surface area contributed by atoms with E-state index >= 15 is 0 Å². The maximum absolute atomic E-state index is 13.8. The number of carbonyl (C=O) groups excluding carboxylic acids is 2. The first-order valence-corrected chi connectivity index (χ1v) is 7.62. The van der Waals surface area contributed by atoms with Crippen LogP contribution in [-0.2, 0) is 4.74 Å². The van der Waals surface area contributed by atoms with E-state index in [1.165, 1.54) is 19.1 Å². The van der Waals surface area contributed by atoms with E-state index in [0.717, 1.165) is 17.0 Å². The van der Waals surface area contributed by atoms with Crippen LogP contribution in [0.3, 0.4) is 0 Å². The van der Waals surface area contributed by atoms with Crippen LogP contribution in [0.1, 0.15) is 27.6 Å². The molecule has 0 saturated carbocycles. The second-order valence-electron chi connectivity index (χ2n) is 5.26. The summed E-state index contributed by atoms with van der Waals surface area (Å²) in [6.45, 7) is 1.44. The first-order chi connectivity index (χ1) is 11.5. The Balaban J connectivity index is 1.83. The van der Waals surface area contributed by atoms with Crippen LogP contribution in [0.4, 0.5) is 4.39 Å². The number of fused-ring (bicyclic) bond motifs is 1. The molecule has 24 heavy (non-hydrogen) atoms.